The maximum Gasteiger partial charge on any atom is 0.326 e. The molecule has 0 heterocycles. The van der Waals surface area contributed by atoms with Crippen LogP contribution in [0.5, 0.6) is 0 Å². The lowest BCUT2D eigenvalue weighted by Gasteiger charge is -2.17. The SMILES string of the molecule is NC(=O)CCC(NC(=O)C(N)Cc1ccccc1)C(=O)O. The van der Waals surface area contributed by atoms with Crippen LogP contribution < -0.4 is 16.8 Å². The van der Waals surface area contributed by atoms with Crippen molar-refractivity contribution >= 4 is 17.8 Å². The molecule has 1 aromatic carbocycles. The lowest BCUT2D eigenvalue weighted by Crippen LogP contribution is -2.49. The Morgan fingerprint density at radius 2 is 1.81 bits per heavy atom. The quantitative estimate of drug-likeness (QED) is 0.507. The number of primary amides is 1. The maximum atomic E-state index is 11.9. The summed E-state index contributed by atoms with van der Waals surface area (Å²) in [6.45, 7) is 0. The minimum atomic E-state index is -1.23. The second-order valence-electron chi connectivity index (χ2n) is 4.70. The molecule has 0 saturated heterocycles. The minimum Gasteiger partial charge on any atom is -0.480 e. The van der Waals surface area contributed by atoms with Gasteiger partial charge in [0.15, 0.2) is 0 Å². The number of carbonyl (C=O) groups is 3. The molecule has 0 aliphatic heterocycles. The summed E-state index contributed by atoms with van der Waals surface area (Å²) in [7, 11) is 0. The van der Waals surface area contributed by atoms with Crippen LogP contribution in [0.15, 0.2) is 30.3 Å². The third kappa shape index (κ3) is 6.05. The van der Waals surface area contributed by atoms with Crippen LogP contribution in [-0.2, 0) is 20.8 Å². The molecule has 2 unspecified atom stereocenters. The molecule has 114 valence electrons. The highest BCUT2D eigenvalue weighted by Crippen LogP contribution is 2.03. The number of amides is 2. The van der Waals surface area contributed by atoms with Crippen LogP contribution >= 0.6 is 0 Å². The van der Waals surface area contributed by atoms with E-state index in [1.54, 1.807) is 0 Å². The van der Waals surface area contributed by atoms with Crippen LogP contribution in [0.4, 0.5) is 0 Å². The Bertz CT molecular complexity index is 504. The lowest BCUT2D eigenvalue weighted by atomic mass is 10.1. The summed E-state index contributed by atoms with van der Waals surface area (Å²) in [5.41, 5.74) is 11.6. The molecule has 1 rings (SSSR count). The van der Waals surface area contributed by atoms with Gasteiger partial charge in [-0.05, 0) is 18.4 Å². The molecule has 7 nitrogen and oxygen atoms in total. The summed E-state index contributed by atoms with van der Waals surface area (Å²) in [5, 5.41) is 11.3. The molecule has 6 N–H and O–H groups in total. The zero-order chi connectivity index (χ0) is 15.8. The Morgan fingerprint density at radius 1 is 1.19 bits per heavy atom. The first-order valence-corrected chi connectivity index (χ1v) is 6.51. The molecule has 0 bridgehead atoms. The molecule has 21 heavy (non-hydrogen) atoms. The number of nitrogens with two attached hydrogens (primary N) is 2. The van der Waals surface area contributed by atoms with E-state index in [1.807, 2.05) is 30.3 Å². The van der Waals surface area contributed by atoms with Gasteiger partial charge in [0.25, 0.3) is 0 Å². The first-order chi connectivity index (χ1) is 9.90. The summed E-state index contributed by atoms with van der Waals surface area (Å²) < 4.78 is 0. The average molecular weight is 293 g/mol. The number of hydrogen-bond donors (Lipinski definition) is 4. The second-order valence-corrected chi connectivity index (χ2v) is 4.70. The Kier molecular flexibility index (Phi) is 6.35. The van der Waals surface area contributed by atoms with Gasteiger partial charge in [-0.25, -0.2) is 4.79 Å². The van der Waals surface area contributed by atoms with Crippen LogP contribution in [0.2, 0.25) is 0 Å². The van der Waals surface area contributed by atoms with E-state index in [1.165, 1.54) is 0 Å². The molecule has 0 radical (unpaired) electrons. The summed E-state index contributed by atoms with van der Waals surface area (Å²) in [4.78, 5) is 33.6. The second kappa shape index (κ2) is 8.01. The van der Waals surface area contributed by atoms with E-state index < -0.39 is 29.9 Å². The molecule has 0 aromatic heterocycles. The summed E-state index contributed by atoms with van der Waals surface area (Å²) in [6.07, 6.45) is 0.120. The van der Waals surface area contributed by atoms with Crippen molar-refractivity contribution in [2.75, 3.05) is 0 Å². The molecule has 7 heteroatoms. The third-order valence-electron chi connectivity index (χ3n) is 2.93. The Hall–Kier alpha value is -2.41. The maximum absolute atomic E-state index is 11.9. The van der Waals surface area contributed by atoms with E-state index in [0.717, 1.165) is 5.56 Å². The summed E-state index contributed by atoms with van der Waals surface area (Å²) in [6, 6.07) is 7.12. The fraction of sp³-hybridized carbons (Fsp3) is 0.357. The van der Waals surface area contributed by atoms with E-state index in [4.69, 9.17) is 16.6 Å². The van der Waals surface area contributed by atoms with E-state index in [0.29, 0.717) is 6.42 Å². The van der Waals surface area contributed by atoms with Gasteiger partial charge in [-0.2, -0.15) is 0 Å². The first-order valence-electron chi connectivity index (χ1n) is 6.51. The predicted octanol–water partition coefficient (Wildman–Crippen LogP) is -0.609. The van der Waals surface area contributed by atoms with Gasteiger partial charge in [0.05, 0.1) is 6.04 Å². The number of hydrogen-bond acceptors (Lipinski definition) is 4. The predicted molar refractivity (Wildman–Crippen MR) is 76.1 cm³/mol. The highest BCUT2D eigenvalue weighted by atomic mass is 16.4. The molecule has 0 spiro atoms. The van der Waals surface area contributed by atoms with E-state index in [2.05, 4.69) is 5.32 Å². The first kappa shape index (κ1) is 16.6. The van der Waals surface area contributed by atoms with Crippen molar-refractivity contribution in [3.05, 3.63) is 35.9 Å². The molecule has 0 aliphatic carbocycles. The highest BCUT2D eigenvalue weighted by Gasteiger charge is 2.23. The van der Waals surface area contributed by atoms with Gasteiger partial charge >= 0.3 is 5.97 Å². The fourth-order valence-electron chi connectivity index (χ4n) is 1.78. The van der Waals surface area contributed by atoms with Gasteiger partial charge in [-0.1, -0.05) is 30.3 Å². The topological polar surface area (TPSA) is 136 Å². The lowest BCUT2D eigenvalue weighted by molar-refractivity contribution is -0.142. The summed E-state index contributed by atoms with van der Waals surface area (Å²) in [5.74, 6) is -2.42. The molecule has 0 fully saturated rings. The normalized spacial score (nSPS) is 13.2. The van der Waals surface area contributed by atoms with Gasteiger partial charge in [-0.15, -0.1) is 0 Å². The van der Waals surface area contributed by atoms with Gasteiger partial charge < -0.3 is 21.9 Å². The van der Waals surface area contributed by atoms with Gasteiger partial charge in [0.1, 0.15) is 6.04 Å². The molecule has 1 aromatic rings. The van der Waals surface area contributed by atoms with Crippen molar-refractivity contribution in [3.63, 3.8) is 0 Å². The Morgan fingerprint density at radius 3 is 2.33 bits per heavy atom. The number of carboxylic acids is 1. The van der Waals surface area contributed by atoms with Crippen molar-refractivity contribution in [2.24, 2.45) is 11.5 Å². The zero-order valence-corrected chi connectivity index (χ0v) is 11.5. The highest BCUT2D eigenvalue weighted by molar-refractivity contribution is 5.87. The Labute approximate surface area is 122 Å². The van der Waals surface area contributed by atoms with Crippen LogP contribution in [0.3, 0.4) is 0 Å². The van der Waals surface area contributed by atoms with Crippen molar-refractivity contribution in [1.82, 2.24) is 5.32 Å². The van der Waals surface area contributed by atoms with Crippen LogP contribution in [0, 0.1) is 0 Å². The smallest absolute Gasteiger partial charge is 0.326 e. The van der Waals surface area contributed by atoms with Crippen LogP contribution in [0.25, 0.3) is 0 Å². The molecule has 0 saturated carbocycles. The fourth-order valence-corrected chi connectivity index (χ4v) is 1.78. The van der Waals surface area contributed by atoms with E-state index in [9.17, 15) is 14.4 Å². The summed E-state index contributed by atoms with van der Waals surface area (Å²) >= 11 is 0. The Balaban J connectivity index is 2.56. The zero-order valence-electron chi connectivity index (χ0n) is 11.5. The van der Waals surface area contributed by atoms with Gasteiger partial charge in [-0.3, -0.25) is 9.59 Å². The van der Waals surface area contributed by atoms with E-state index in [-0.39, 0.29) is 12.8 Å². The molecule has 0 aliphatic rings. The molecule has 2 atom stereocenters. The molecular weight excluding hydrogens is 274 g/mol. The molecular formula is C14H19N3O4. The number of carbonyl (C=O) groups excluding carboxylic acids is 2. The van der Waals surface area contributed by atoms with Crippen molar-refractivity contribution < 1.29 is 19.5 Å². The third-order valence-corrected chi connectivity index (χ3v) is 2.93. The number of rotatable bonds is 8. The largest absolute Gasteiger partial charge is 0.480 e. The average Bonchev–Trinajstić information content (AvgIpc) is 2.43. The van der Waals surface area contributed by atoms with E-state index >= 15 is 0 Å². The van der Waals surface area contributed by atoms with Crippen molar-refractivity contribution in [3.8, 4) is 0 Å². The standard InChI is InChI=1S/C14H19N3O4/c15-10(8-9-4-2-1-3-5-9)13(19)17-11(14(20)21)6-7-12(16)18/h1-5,10-11H,6-8,15H2,(H2,16,18)(H,17,19)(H,20,21). The number of benzene rings is 1. The number of nitrogens with one attached hydrogen (secondary N) is 1. The van der Waals surface area contributed by atoms with Crippen LogP contribution in [-0.4, -0.2) is 35.0 Å². The monoisotopic (exact) mass is 293 g/mol. The van der Waals surface area contributed by atoms with Gasteiger partial charge in [0.2, 0.25) is 11.8 Å². The van der Waals surface area contributed by atoms with Crippen LogP contribution in [0.1, 0.15) is 18.4 Å². The van der Waals surface area contributed by atoms with Crippen molar-refractivity contribution in [1.29, 1.82) is 0 Å². The van der Waals surface area contributed by atoms with Crippen molar-refractivity contribution in [2.45, 2.75) is 31.3 Å². The van der Waals surface area contributed by atoms with Gasteiger partial charge in [0, 0.05) is 6.42 Å². The number of carboxylic acid groups (broad SMARTS) is 1. The minimum absolute atomic E-state index is 0.0610. The number of aliphatic carboxylic acids is 1. The molecule has 2 amide bonds.